The van der Waals surface area contributed by atoms with Crippen molar-refractivity contribution in [1.82, 2.24) is 9.19 Å². The summed E-state index contributed by atoms with van der Waals surface area (Å²) in [6.07, 6.45) is 0. The van der Waals surface area contributed by atoms with Crippen molar-refractivity contribution in [2.45, 2.75) is 29.6 Å². The lowest BCUT2D eigenvalue weighted by atomic mass is 10.1. The number of aromatic nitrogens is 2. The van der Waals surface area contributed by atoms with Gasteiger partial charge >= 0.3 is 11.8 Å². The van der Waals surface area contributed by atoms with E-state index in [2.05, 4.69) is 5.10 Å². The van der Waals surface area contributed by atoms with Crippen LogP contribution in [0.3, 0.4) is 0 Å². The summed E-state index contributed by atoms with van der Waals surface area (Å²) in [6, 6.07) is 7.87. The van der Waals surface area contributed by atoms with E-state index in [0.29, 0.717) is 15.9 Å². The van der Waals surface area contributed by atoms with Gasteiger partial charge in [-0.25, -0.2) is 8.78 Å². The van der Waals surface area contributed by atoms with Crippen LogP contribution < -0.4 is 9.64 Å². The van der Waals surface area contributed by atoms with Gasteiger partial charge in [0, 0.05) is 12.5 Å². The molecule has 2 heterocycles. The molecule has 0 atom stereocenters. The topological polar surface area (TPSA) is 64.4 Å². The number of alkyl halides is 6. The second kappa shape index (κ2) is 7.27. The van der Waals surface area contributed by atoms with E-state index in [9.17, 15) is 34.8 Å². The first kappa shape index (κ1) is 23.2. The number of anilines is 1. The maximum absolute atomic E-state index is 13.8. The smallest absolute Gasteiger partial charge is 0.329 e. The van der Waals surface area contributed by atoms with Crippen LogP contribution in [-0.2, 0) is 15.9 Å². The zero-order valence-electron chi connectivity index (χ0n) is 17.2. The molecule has 0 N–H and O–H groups in total. The molecule has 178 valence electrons. The van der Waals surface area contributed by atoms with Crippen LogP contribution in [0, 0.1) is 0 Å². The predicted molar refractivity (Wildman–Crippen MR) is 107 cm³/mol. The van der Waals surface area contributed by atoms with E-state index in [1.807, 2.05) is 0 Å². The number of ether oxygens (including phenoxy) is 1. The van der Waals surface area contributed by atoms with E-state index in [0.717, 1.165) is 24.3 Å². The maximum Gasteiger partial charge on any atom is 0.329 e. The van der Waals surface area contributed by atoms with Gasteiger partial charge in [0.05, 0.1) is 36.0 Å². The third-order valence-electron chi connectivity index (χ3n) is 5.34. The van der Waals surface area contributed by atoms with Gasteiger partial charge in [-0.2, -0.15) is 30.1 Å². The quantitative estimate of drug-likeness (QED) is 0.491. The van der Waals surface area contributed by atoms with Crippen molar-refractivity contribution >= 4 is 26.7 Å². The fourth-order valence-corrected chi connectivity index (χ4v) is 4.88. The fourth-order valence-electron chi connectivity index (χ4n) is 3.60. The number of benzene rings is 2. The highest BCUT2D eigenvalue weighted by Crippen LogP contribution is 2.45. The zero-order chi connectivity index (χ0) is 24.4. The SMILES string of the molecule is COc1cccc2c1c(N1CC(F)(F)C(F)(F)C1)nn2S(=O)(=O)c1ccc(C(C)(F)F)cc1. The van der Waals surface area contributed by atoms with Gasteiger partial charge in [-0.3, -0.25) is 0 Å². The predicted octanol–water partition coefficient (Wildman–Crippen LogP) is 4.48. The Morgan fingerprint density at radius 1 is 1.00 bits per heavy atom. The van der Waals surface area contributed by atoms with Crippen molar-refractivity contribution < 1.29 is 39.5 Å². The molecular formula is C20H17F6N3O3S. The highest BCUT2D eigenvalue weighted by Gasteiger charge is 2.63. The number of halogens is 6. The minimum absolute atomic E-state index is 0.0310. The third-order valence-corrected chi connectivity index (χ3v) is 6.94. The second-order valence-corrected chi connectivity index (χ2v) is 9.47. The molecule has 3 aromatic rings. The molecular weight excluding hydrogens is 476 g/mol. The summed E-state index contributed by atoms with van der Waals surface area (Å²) in [6.45, 7) is -2.12. The molecule has 1 aromatic heterocycles. The van der Waals surface area contributed by atoms with Crippen LogP contribution in [0.1, 0.15) is 12.5 Å². The van der Waals surface area contributed by atoms with Gasteiger partial charge in [-0.15, -0.1) is 5.10 Å². The van der Waals surface area contributed by atoms with Gasteiger partial charge in [-0.05, 0) is 24.3 Å². The largest absolute Gasteiger partial charge is 0.496 e. The van der Waals surface area contributed by atoms with Crippen LogP contribution in [-0.4, -0.2) is 49.6 Å². The molecule has 1 saturated heterocycles. The monoisotopic (exact) mass is 493 g/mol. The van der Waals surface area contributed by atoms with E-state index < -0.39 is 57.2 Å². The standard InChI is InChI=1S/C20H17F6N3O3S/c1-18(21,22)12-6-8-13(9-7-12)33(30,31)29-14-4-3-5-15(32-2)16(14)17(27-29)28-10-19(23,24)20(25,26)11-28/h3-9H,10-11H2,1-2H3. The molecule has 0 bridgehead atoms. The van der Waals surface area contributed by atoms with Gasteiger partial charge in [0.15, 0.2) is 5.82 Å². The highest BCUT2D eigenvalue weighted by molar-refractivity contribution is 7.90. The van der Waals surface area contributed by atoms with Gasteiger partial charge in [-0.1, -0.05) is 18.2 Å². The van der Waals surface area contributed by atoms with Crippen molar-refractivity contribution in [3.05, 3.63) is 48.0 Å². The summed E-state index contributed by atoms with van der Waals surface area (Å²) in [5.74, 6) is -12.3. The zero-order valence-corrected chi connectivity index (χ0v) is 18.0. The number of nitrogens with zero attached hydrogens (tertiary/aromatic N) is 3. The van der Waals surface area contributed by atoms with Crippen molar-refractivity contribution in [3.63, 3.8) is 0 Å². The molecule has 6 nitrogen and oxygen atoms in total. The molecule has 33 heavy (non-hydrogen) atoms. The summed E-state index contributed by atoms with van der Waals surface area (Å²) >= 11 is 0. The molecule has 0 amide bonds. The molecule has 0 spiro atoms. The van der Waals surface area contributed by atoms with Crippen molar-refractivity contribution in [1.29, 1.82) is 0 Å². The van der Waals surface area contributed by atoms with Gasteiger partial charge in [0.25, 0.3) is 15.9 Å². The first-order chi connectivity index (χ1) is 15.2. The van der Waals surface area contributed by atoms with Gasteiger partial charge in [0.2, 0.25) is 0 Å². The summed E-state index contributed by atoms with van der Waals surface area (Å²) in [7, 11) is -3.28. The molecule has 0 aliphatic carbocycles. The molecule has 2 aromatic carbocycles. The van der Waals surface area contributed by atoms with Crippen LogP contribution in [0.4, 0.5) is 32.2 Å². The molecule has 13 heteroatoms. The fraction of sp³-hybridized carbons (Fsp3) is 0.350. The Morgan fingerprint density at radius 3 is 2.09 bits per heavy atom. The lowest BCUT2D eigenvalue weighted by Gasteiger charge is -2.15. The number of hydrogen-bond donors (Lipinski definition) is 0. The molecule has 0 saturated carbocycles. The summed E-state index contributed by atoms with van der Waals surface area (Å²) in [4.78, 5) is 0.184. The second-order valence-electron chi connectivity index (χ2n) is 7.70. The van der Waals surface area contributed by atoms with Crippen LogP contribution >= 0.6 is 0 Å². The van der Waals surface area contributed by atoms with Gasteiger partial charge in [0.1, 0.15) is 5.75 Å². The first-order valence-electron chi connectivity index (χ1n) is 9.49. The average Bonchev–Trinajstić information content (AvgIpc) is 3.22. The molecule has 0 unspecified atom stereocenters. The van der Waals surface area contributed by atoms with E-state index in [1.54, 1.807) is 0 Å². The maximum atomic E-state index is 13.8. The number of rotatable bonds is 5. The molecule has 4 rings (SSSR count). The Labute approximate surface area is 184 Å². The normalized spacial score (nSPS) is 18.1. The number of fused-ring (bicyclic) bond motifs is 1. The minimum atomic E-state index is -4.52. The van der Waals surface area contributed by atoms with Crippen LogP contribution in [0.5, 0.6) is 5.75 Å². The van der Waals surface area contributed by atoms with E-state index >= 15 is 0 Å². The summed E-state index contributed by atoms with van der Waals surface area (Å²) in [5, 5.41) is 3.83. The lowest BCUT2D eigenvalue weighted by Crippen LogP contribution is -2.38. The van der Waals surface area contributed by atoms with Crippen LogP contribution in [0.2, 0.25) is 0 Å². The Morgan fingerprint density at radius 2 is 1.58 bits per heavy atom. The Hall–Kier alpha value is -2.96. The highest BCUT2D eigenvalue weighted by atomic mass is 32.2. The number of hydrogen-bond acceptors (Lipinski definition) is 5. The Kier molecular flexibility index (Phi) is 5.11. The number of methoxy groups -OCH3 is 1. The first-order valence-corrected chi connectivity index (χ1v) is 10.9. The molecule has 1 aliphatic heterocycles. The van der Waals surface area contributed by atoms with Crippen molar-refractivity contribution in [3.8, 4) is 5.75 Å². The van der Waals surface area contributed by atoms with E-state index in [-0.39, 0.29) is 16.7 Å². The van der Waals surface area contributed by atoms with Crippen molar-refractivity contribution in [2.24, 2.45) is 0 Å². The summed E-state index contributed by atoms with van der Waals surface area (Å²) in [5.41, 5.74) is -0.538. The van der Waals surface area contributed by atoms with Gasteiger partial charge < -0.3 is 9.64 Å². The Balaban J connectivity index is 1.89. The lowest BCUT2D eigenvalue weighted by molar-refractivity contribution is -0.172. The third kappa shape index (κ3) is 3.67. The molecule has 0 radical (unpaired) electrons. The van der Waals surface area contributed by atoms with E-state index in [4.69, 9.17) is 4.74 Å². The van der Waals surface area contributed by atoms with Crippen molar-refractivity contribution in [2.75, 3.05) is 25.1 Å². The summed E-state index contributed by atoms with van der Waals surface area (Å²) < 4.78 is 115. The van der Waals surface area contributed by atoms with E-state index in [1.165, 1.54) is 25.3 Å². The molecule has 1 aliphatic rings. The average molecular weight is 493 g/mol. The van der Waals surface area contributed by atoms with Crippen LogP contribution in [0.15, 0.2) is 47.4 Å². The minimum Gasteiger partial charge on any atom is -0.496 e. The molecule has 1 fully saturated rings. The van der Waals surface area contributed by atoms with Crippen LogP contribution in [0.25, 0.3) is 10.9 Å². The Bertz CT molecular complexity index is 1300.